The fraction of sp³-hybridized carbons (Fsp3) is 0.143. The van der Waals surface area contributed by atoms with Crippen molar-refractivity contribution in [3.05, 3.63) is 29.8 Å². The Labute approximate surface area is 75.0 Å². The first-order valence-electron chi connectivity index (χ1n) is 3.43. The van der Waals surface area contributed by atoms with Crippen LogP contribution in [0.4, 0.5) is 0 Å². The lowest BCUT2D eigenvalue weighted by molar-refractivity contribution is 0.508. The van der Waals surface area contributed by atoms with E-state index in [0.29, 0.717) is 0 Å². The molecule has 0 amide bonds. The first-order chi connectivity index (χ1) is 5.56. The number of aryl methyl sites for hydroxylation is 1. The molecular formula is C7H10O3SSi. The molecular weight excluding hydrogens is 192 g/mol. The summed E-state index contributed by atoms with van der Waals surface area (Å²) in [7, 11) is -3.26. The van der Waals surface area contributed by atoms with Crippen molar-refractivity contribution in [1.29, 1.82) is 0 Å². The van der Waals surface area contributed by atoms with Crippen LogP contribution in [0.2, 0.25) is 0 Å². The zero-order valence-corrected chi connectivity index (χ0v) is 9.76. The lowest BCUT2D eigenvalue weighted by Crippen LogP contribution is -2.03. The van der Waals surface area contributed by atoms with Gasteiger partial charge in [-0.1, -0.05) is 17.7 Å². The van der Waals surface area contributed by atoms with Gasteiger partial charge in [0.05, 0.1) is 4.90 Å². The van der Waals surface area contributed by atoms with Gasteiger partial charge in [-0.2, -0.15) is 8.42 Å². The number of hydrogen-bond donors (Lipinski definition) is 0. The number of benzene rings is 1. The standard InChI is InChI=1S/C7H10O3SSi/c1-6-2-4-7(5-3-6)11(8,9)10-12/h2-5H,1,12H3. The Bertz CT molecular complexity index is 355. The third-order valence-electron chi connectivity index (χ3n) is 1.53. The highest BCUT2D eigenvalue weighted by molar-refractivity contribution is 7.87. The van der Waals surface area contributed by atoms with Gasteiger partial charge in [-0.25, -0.2) is 0 Å². The third kappa shape index (κ3) is 1.93. The van der Waals surface area contributed by atoms with Crippen molar-refractivity contribution in [1.82, 2.24) is 0 Å². The Morgan fingerprint density at radius 1 is 1.25 bits per heavy atom. The molecule has 0 bridgehead atoms. The second kappa shape index (κ2) is 3.38. The Hall–Kier alpha value is -0.653. The van der Waals surface area contributed by atoms with Crippen LogP contribution in [0, 0.1) is 6.92 Å². The highest BCUT2D eigenvalue weighted by Gasteiger charge is 2.10. The molecule has 1 aromatic carbocycles. The molecule has 66 valence electrons. The minimum atomic E-state index is -3.45. The molecule has 0 radical (unpaired) electrons. The van der Waals surface area contributed by atoms with E-state index in [1.807, 2.05) is 6.92 Å². The molecule has 0 fully saturated rings. The molecule has 12 heavy (non-hydrogen) atoms. The molecule has 0 unspecified atom stereocenters. The molecule has 0 saturated heterocycles. The lowest BCUT2D eigenvalue weighted by Gasteiger charge is -2.00. The molecule has 5 heteroatoms. The van der Waals surface area contributed by atoms with Crippen molar-refractivity contribution in [3.63, 3.8) is 0 Å². The Balaban J connectivity index is 3.14. The topological polar surface area (TPSA) is 43.4 Å². The van der Waals surface area contributed by atoms with Gasteiger partial charge < -0.3 is 3.87 Å². The largest absolute Gasteiger partial charge is 0.323 e. The molecule has 0 aliphatic carbocycles. The molecule has 0 aromatic heterocycles. The normalized spacial score (nSPS) is 11.8. The van der Waals surface area contributed by atoms with E-state index < -0.39 is 10.1 Å². The van der Waals surface area contributed by atoms with Crippen molar-refractivity contribution in [2.45, 2.75) is 11.8 Å². The molecule has 0 aliphatic rings. The SMILES string of the molecule is Cc1ccc(S(=O)(=O)O[SiH3])cc1. The van der Waals surface area contributed by atoms with Gasteiger partial charge in [0.2, 0.25) is 0 Å². The van der Waals surface area contributed by atoms with Crippen molar-refractivity contribution in [3.8, 4) is 0 Å². The zero-order valence-electron chi connectivity index (χ0n) is 6.94. The highest BCUT2D eigenvalue weighted by Crippen LogP contribution is 2.11. The second-order valence-electron chi connectivity index (χ2n) is 2.43. The quantitative estimate of drug-likeness (QED) is 0.633. The van der Waals surface area contributed by atoms with E-state index in [-0.39, 0.29) is 15.4 Å². The molecule has 1 aromatic rings. The highest BCUT2D eigenvalue weighted by atomic mass is 32.2. The Kier molecular flexibility index (Phi) is 2.66. The van der Waals surface area contributed by atoms with Crippen molar-refractivity contribution in [2.75, 3.05) is 0 Å². The van der Waals surface area contributed by atoms with Crippen molar-refractivity contribution < 1.29 is 12.3 Å². The van der Waals surface area contributed by atoms with E-state index >= 15 is 0 Å². The molecule has 0 atom stereocenters. The first-order valence-corrected chi connectivity index (χ1v) is 5.66. The van der Waals surface area contributed by atoms with Crippen molar-refractivity contribution >= 4 is 20.6 Å². The molecule has 0 heterocycles. The van der Waals surface area contributed by atoms with Crippen LogP contribution in [0.1, 0.15) is 5.56 Å². The van der Waals surface area contributed by atoms with Gasteiger partial charge in [0.15, 0.2) is 10.5 Å². The van der Waals surface area contributed by atoms with Gasteiger partial charge >= 0.3 is 0 Å². The van der Waals surface area contributed by atoms with Gasteiger partial charge in [0.25, 0.3) is 10.1 Å². The summed E-state index contributed by atoms with van der Waals surface area (Å²) in [5.41, 5.74) is 1.03. The maximum absolute atomic E-state index is 11.1. The average molecular weight is 202 g/mol. The van der Waals surface area contributed by atoms with E-state index in [2.05, 4.69) is 3.87 Å². The summed E-state index contributed by atoms with van der Waals surface area (Å²) in [6, 6.07) is 6.58. The second-order valence-corrected chi connectivity index (χ2v) is 5.15. The summed E-state index contributed by atoms with van der Waals surface area (Å²) >= 11 is 0. The van der Waals surface area contributed by atoms with E-state index in [9.17, 15) is 8.42 Å². The minimum absolute atomic E-state index is 0.192. The van der Waals surface area contributed by atoms with E-state index in [1.54, 1.807) is 24.3 Å². The van der Waals surface area contributed by atoms with Crippen LogP contribution in [0.15, 0.2) is 29.2 Å². The van der Waals surface area contributed by atoms with Crippen LogP contribution in [0.5, 0.6) is 0 Å². The minimum Gasteiger partial charge on any atom is -0.323 e. The maximum atomic E-state index is 11.1. The molecule has 1 rings (SSSR count). The van der Waals surface area contributed by atoms with Gasteiger partial charge in [-0.05, 0) is 19.1 Å². The van der Waals surface area contributed by atoms with Crippen LogP contribution in [-0.4, -0.2) is 18.9 Å². The molecule has 3 nitrogen and oxygen atoms in total. The lowest BCUT2D eigenvalue weighted by atomic mass is 10.2. The van der Waals surface area contributed by atoms with Crippen LogP contribution < -0.4 is 0 Å². The first kappa shape index (κ1) is 9.44. The predicted octanol–water partition coefficient (Wildman–Crippen LogP) is -0.0193. The van der Waals surface area contributed by atoms with E-state index in [0.717, 1.165) is 5.56 Å². The predicted molar refractivity (Wildman–Crippen MR) is 49.4 cm³/mol. The van der Waals surface area contributed by atoms with Gasteiger partial charge in [0.1, 0.15) is 0 Å². The van der Waals surface area contributed by atoms with Gasteiger partial charge in [-0.15, -0.1) is 0 Å². The summed E-state index contributed by atoms with van der Waals surface area (Å²) in [5.74, 6) is 0. The monoisotopic (exact) mass is 202 g/mol. The smallest absolute Gasteiger partial charge is 0.286 e. The summed E-state index contributed by atoms with van der Waals surface area (Å²) in [4.78, 5) is 0.225. The third-order valence-corrected chi connectivity index (χ3v) is 4.13. The van der Waals surface area contributed by atoms with E-state index in [4.69, 9.17) is 0 Å². The Morgan fingerprint density at radius 2 is 1.75 bits per heavy atom. The van der Waals surface area contributed by atoms with Crippen LogP contribution >= 0.6 is 0 Å². The molecule has 0 saturated carbocycles. The number of hydrogen-bond acceptors (Lipinski definition) is 3. The summed E-state index contributed by atoms with van der Waals surface area (Å²) < 4.78 is 26.7. The maximum Gasteiger partial charge on any atom is 0.286 e. The summed E-state index contributed by atoms with van der Waals surface area (Å²) in [6.45, 7) is 1.90. The average Bonchev–Trinajstić information content (AvgIpc) is 2.05. The fourth-order valence-corrected chi connectivity index (χ4v) is 2.04. The molecule has 0 spiro atoms. The van der Waals surface area contributed by atoms with Crippen molar-refractivity contribution in [2.24, 2.45) is 0 Å². The summed E-state index contributed by atoms with van der Waals surface area (Å²) in [6.07, 6.45) is 0. The van der Waals surface area contributed by atoms with Crippen LogP contribution in [0.25, 0.3) is 0 Å². The fourth-order valence-electron chi connectivity index (χ4n) is 0.801. The van der Waals surface area contributed by atoms with Gasteiger partial charge in [-0.3, -0.25) is 0 Å². The zero-order chi connectivity index (χ0) is 9.19. The number of rotatable bonds is 2. The van der Waals surface area contributed by atoms with Gasteiger partial charge in [0, 0.05) is 0 Å². The summed E-state index contributed by atoms with van der Waals surface area (Å²) in [5, 5.41) is 0. The van der Waals surface area contributed by atoms with Crippen LogP contribution in [-0.2, 0) is 14.0 Å². The van der Waals surface area contributed by atoms with E-state index in [1.165, 1.54) is 0 Å². The van der Waals surface area contributed by atoms with Crippen LogP contribution in [0.3, 0.4) is 0 Å². The molecule has 0 aliphatic heterocycles. The Morgan fingerprint density at radius 3 is 2.17 bits per heavy atom. The molecule has 0 N–H and O–H groups in total.